The van der Waals surface area contributed by atoms with Crippen LogP contribution in [0.1, 0.15) is 16.8 Å². The minimum Gasteiger partial charge on any atom is -0.493 e. The van der Waals surface area contributed by atoms with Crippen molar-refractivity contribution in [2.45, 2.75) is 19.8 Å². The summed E-state index contributed by atoms with van der Waals surface area (Å²) in [7, 11) is 3.18. The first kappa shape index (κ1) is 23.7. The number of aromatic nitrogens is 3. The van der Waals surface area contributed by atoms with Crippen LogP contribution in [0.2, 0.25) is 0 Å². The Balaban J connectivity index is 1.25. The van der Waals surface area contributed by atoms with Gasteiger partial charge in [0.25, 0.3) is 0 Å². The fraction of sp³-hybridized carbons (Fsp3) is 0.207. The molecule has 3 aromatic carbocycles. The highest BCUT2D eigenvalue weighted by Gasteiger charge is 2.26. The molecule has 0 atom stereocenters. The van der Waals surface area contributed by atoms with Gasteiger partial charge in [0.05, 0.1) is 31.7 Å². The second-order valence-electron chi connectivity index (χ2n) is 9.28. The Labute approximate surface area is 218 Å². The third-order valence-corrected chi connectivity index (χ3v) is 7.11. The Bertz CT molecular complexity index is 1710. The van der Waals surface area contributed by atoms with Gasteiger partial charge in [-0.3, -0.25) is 4.79 Å². The molecule has 0 aliphatic carbocycles. The zero-order chi connectivity index (χ0) is 26.4. The molecule has 1 aliphatic rings. The van der Waals surface area contributed by atoms with Crippen molar-refractivity contribution in [3.63, 3.8) is 0 Å². The molecule has 6 rings (SSSR count). The zero-order valence-electron chi connectivity index (χ0n) is 21.3. The van der Waals surface area contributed by atoms with Crippen molar-refractivity contribution in [3.05, 3.63) is 77.5 Å². The van der Waals surface area contributed by atoms with Crippen molar-refractivity contribution in [3.8, 4) is 11.5 Å². The lowest BCUT2D eigenvalue weighted by Crippen LogP contribution is -2.30. The molecule has 0 fully saturated rings. The molecule has 192 valence electrons. The quantitative estimate of drug-likeness (QED) is 0.315. The first-order chi connectivity index (χ1) is 18.5. The van der Waals surface area contributed by atoms with Crippen LogP contribution in [0, 0.1) is 12.7 Å². The normalized spacial score (nSPS) is 12.7. The summed E-state index contributed by atoms with van der Waals surface area (Å²) < 4.78 is 25.1. The number of para-hydroxylation sites is 1. The van der Waals surface area contributed by atoms with Gasteiger partial charge in [0, 0.05) is 40.5 Å². The molecule has 9 heteroatoms. The number of H-pyrrole nitrogens is 1. The first-order valence-electron chi connectivity index (χ1n) is 12.3. The highest BCUT2D eigenvalue weighted by Crippen LogP contribution is 2.36. The molecule has 1 amide bonds. The molecule has 0 spiro atoms. The lowest BCUT2D eigenvalue weighted by Gasteiger charge is -2.18. The van der Waals surface area contributed by atoms with Crippen molar-refractivity contribution in [1.29, 1.82) is 0 Å². The number of ether oxygens (including phenoxy) is 2. The predicted molar refractivity (Wildman–Crippen MR) is 145 cm³/mol. The van der Waals surface area contributed by atoms with Crippen LogP contribution in [-0.4, -0.2) is 41.6 Å². The summed E-state index contributed by atoms with van der Waals surface area (Å²) >= 11 is 0. The summed E-state index contributed by atoms with van der Waals surface area (Å²) in [4.78, 5) is 27.1. The highest BCUT2D eigenvalue weighted by atomic mass is 19.1. The number of nitrogens with one attached hydrogen (secondary N) is 2. The molecule has 38 heavy (non-hydrogen) atoms. The summed E-state index contributed by atoms with van der Waals surface area (Å²) in [5.74, 6) is 1.50. The predicted octanol–water partition coefficient (Wildman–Crippen LogP) is 5.45. The summed E-state index contributed by atoms with van der Waals surface area (Å²) in [6, 6.07) is 14.5. The van der Waals surface area contributed by atoms with E-state index in [0.29, 0.717) is 29.4 Å². The lowest BCUT2D eigenvalue weighted by atomic mass is 10.1. The monoisotopic (exact) mass is 511 g/mol. The maximum atomic E-state index is 14.2. The summed E-state index contributed by atoms with van der Waals surface area (Å²) in [5.41, 5.74) is 5.63. The number of halogens is 1. The van der Waals surface area contributed by atoms with Crippen LogP contribution in [-0.2, 0) is 17.6 Å². The van der Waals surface area contributed by atoms with E-state index in [1.54, 1.807) is 20.3 Å². The molecule has 0 saturated carbocycles. The molecule has 1 aliphatic heterocycles. The SMILES string of the molecule is COc1cc2ncnc(Nc3ccc4c(c3)CCN4C(=O)Cc3c(C)[nH]c4c(F)cccc34)c2cc1OC. The number of benzene rings is 3. The third kappa shape index (κ3) is 3.96. The second kappa shape index (κ2) is 9.33. The number of amides is 1. The van der Waals surface area contributed by atoms with E-state index in [4.69, 9.17) is 9.47 Å². The van der Waals surface area contributed by atoms with E-state index < -0.39 is 0 Å². The molecule has 3 heterocycles. The van der Waals surface area contributed by atoms with Crippen molar-refractivity contribution < 1.29 is 18.7 Å². The van der Waals surface area contributed by atoms with E-state index >= 15 is 0 Å². The van der Waals surface area contributed by atoms with Gasteiger partial charge in [-0.15, -0.1) is 0 Å². The van der Waals surface area contributed by atoms with Crippen LogP contribution >= 0.6 is 0 Å². The third-order valence-electron chi connectivity index (χ3n) is 7.11. The highest BCUT2D eigenvalue weighted by molar-refractivity contribution is 6.00. The van der Waals surface area contributed by atoms with E-state index in [1.807, 2.05) is 48.2 Å². The molecule has 0 radical (unpaired) electrons. The minimum atomic E-state index is -0.315. The minimum absolute atomic E-state index is 0.0134. The van der Waals surface area contributed by atoms with Crippen LogP contribution in [0.25, 0.3) is 21.8 Å². The fourth-order valence-electron chi connectivity index (χ4n) is 5.20. The van der Waals surface area contributed by atoms with Crippen molar-refractivity contribution in [2.24, 2.45) is 0 Å². The number of hydrogen-bond donors (Lipinski definition) is 2. The van der Waals surface area contributed by atoms with E-state index in [0.717, 1.165) is 50.9 Å². The number of hydrogen-bond acceptors (Lipinski definition) is 6. The zero-order valence-corrected chi connectivity index (χ0v) is 21.3. The lowest BCUT2D eigenvalue weighted by molar-refractivity contribution is -0.117. The molecule has 5 aromatic rings. The average molecular weight is 512 g/mol. The van der Waals surface area contributed by atoms with Gasteiger partial charge < -0.3 is 24.7 Å². The van der Waals surface area contributed by atoms with Crippen LogP contribution in [0.15, 0.2) is 54.9 Å². The molecular formula is C29H26FN5O3. The number of methoxy groups -OCH3 is 2. The van der Waals surface area contributed by atoms with Crippen molar-refractivity contribution in [2.75, 3.05) is 31.0 Å². The van der Waals surface area contributed by atoms with Gasteiger partial charge >= 0.3 is 0 Å². The number of anilines is 3. The van der Waals surface area contributed by atoms with Crippen LogP contribution in [0.3, 0.4) is 0 Å². The molecule has 2 N–H and O–H groups in total. The number of aromatic amines is 1. The van der Waals surface area contributed by atoms with Gasteiger partial charge in [0.15, 0.2) is 11.5 Å². The molecule has 0 bridgehead atoms. The van der Waals surface area contributed by atoms with Gasteiger partial charge in [0.1, 0.15) is 18.0 Å². The molecule has 0 saturated heterocycles. The Kier molecular flexibility index (Phi) is 5.83. The number of fused-ring (bicyclic) bond motifs is 3. The van der Waals surface area contributed by atoms with Gasteiger partial charge in [-0.05, 0) is 54.8 Å². The van der Waals surface area contributed by atoms with E-state index in [1.165, 1.54) is 12.4 Å². The number of nitrogens with zero attached hydrogens (tertiary/aromatic N) is 3. The van der Waals surface area contributed by atoms with E-state index in [-0.39, 0.29) is 18.1 Å². The van der Waals surface area contributed by atoms with Crippen LogP contribution < -0.4 is 19.7 Å². The van der Waals surface area contributed by atoms with Gasteiger partial charge in [-0.2, -0.15) is 0 Å². The fourth-order valence-corrected chi connectivity index (χ4v) is 5.20. The average Bonchev–Trinajstić information content (AvgIpc) is 3.49. The Morgan fingerprint density at radius 3 is 2.71 bits per heavy atom. The smallest absolute Gasteiger partial charge is 0.231 e. The van der Waals surface area contributed by atoms with Crippen LogP contribution in [0.4, 0.5) is 21.6 Å². The maximum absolute atomic E-state index is 14.2. The standard InChI is InChI=1S/C29H26FN5O3/c1-16-20(19-5-4-6-22(30)28(19)33-16)13-27(36)35-10-9-17-11-18(7-8-24(17)35)34-29-21-12-25(37-2)26(38-3)14-23(21)31-15-32-29/h4-8,11-12,14-15,33H,9-10,13H2,1-3H3,(H,31,32,34). The summed E-state index contributed by atoms with van der Waals surface area (Å²) in [6.45, 7) is 2.47. The molecule has 8 nitrogen and oxygen atoms in total. The maximum Gasteiger partial charge on any atom is 0.231 e. The first-order valence-corrected chi connectivity index (χ1v) is 12.3. The molecule has 2 aromatic heterocycles. The van der Waals surface area contributed by atoms with Crippen molar-refractivity contribution >= 4 is 44.9 Å². The topological polar surface area (TPSA) is 92.4 Å². The van der Waals surface area contributed by atoms with Gasteiger partial charge in [0.2, 0.25) is 5.91 Å². The number of rotatable bonds is 6. The van der Waals surface area contributed by atoms with Gasteiger partial charge in [-0.25, -0.2) is 14.4 Å². The summed E-state index contributed by atoms with van der Waals surface area (Å²) in [5, 5.41) is 4.94. The largest absolute Gasteiger partial charge is 0.493 e. The molecular weight excluding hydrogens is 485 g/mol. The second-order valence-corrected chi connectivity index (χ2v) is 9.28. The Hall–Kier alpha value is -4.66. The summed E-state index contributed by atoms with van der Waals surface area (Å²) in [6.07, 6.45) is 2.45. The Morgan fingerprint density at radius 2 is 1.89 bits per heavy atom. The molecule has 0 unspecified atom stereocenters. The van der Waals surface area contributed by atoms with E-state index in [9.17, 15) is 9.18 Å². The van der Waals surface area contributed by atoms with Gasteiger partial charge in [-0.1, -0.05) is 12.1 Å². The van der Waals surface area contributed by atoms with E-state index in [2.05, 4.69) is 20.3 Å². The van der Waals surface area contributed by atoms with Crippen molar-refractivity contribution in [1.82, 2.24) is 15.0 Å². The Morgan fingerprint density at radius 1 is 1.08 bits per heavy atom. The van der Waals surface area contributed by atoms with Crippen LogP contribution in [0.5, 0.6) is 11.5 Å². The number of carbonyl (C=O) groups is 1. The number of aryl methyl sites for hydroxylation is 1. The number of carbonyl (C=O) groups excluding carboxylic acids is 1.